The number of hydrogen-bond acceptors (Lipinski definition) is 3. The zero-order valence-corrected chi connectivity index (χ0v) is 19.5. The van der Waals surface area contributed by atoms with E-state index in [9.17, 15) is 9.59 Å². The van der Waals surface area contributed by atoms with E-state index in [4.69, 9.17) is 0 Å². The number of hydrogen-bond donors (Lipinski definition) is 4. The fourth-order valence-electron chi connectivity index (χ4n) is 3.37. The highest BCUT2D eigenvalue weighted by atomic mass is 127. The number of carbonyl (C=O) groups is 2. The van der Waals surface area contributed by atoms with Gasteiger partial charge in [-0.1, -0.05) is 30.3 Å². The summed E-state index contributed by atoms with van der Waals surface area (Å²) in [5, 5.41) is 12.3. The van der Waals surface area contributed by atoms with Gasteiger partial charge in [0.1, 0.15) is 0 Å². The SMILES string of the molecule is CCNC(=NCc1cccc(NC(C)=O)c1)NCC1CC(=O)Nc2ccccc21.I. The largest absolute Gasteiger partial charge is 0.357 e. The average Bonchev–Trinajstić information content (AvgIpc) is 2.69. The minimum Gasteiger partial charge on any atom is -0.357 e. The van der Waals surface area contributed by atoms with E-state index in [1.165, 1.54) is 6.92 Å². The lowest BCUT2D eigenvalue weighted by Gasteiger charge is -2.26. The summed E-state index contributed by atoms with van der Waals surface area (Å²) in [6.45, 7) is 5.33. The number of amides is 2. The Morgan fingerprint density at radius 2 is 1.97 bits per heavy atom. The van der Waals surface area contributed by atoms with Crippen molar-refractivity contribution >= 4 is 53.1 Å². The predicted octanol–water partition coefficient (Wildman–Crippen LogP) is 3.44. The second kappa shape index (κ2) is 11.5. The van der Waals surface area contributed by atoms with Crippen LogP contribution in [0.2, 0.25) is 0 Å². The Morgan fingerprint density at radius 3 is 2.73 bits per heavy atom. The number of carbonyl (C=O) groups excluding carboxylic acids is 2. The highest BCUT2D eigenvalue weighted by Gasteiger charge is 2.24. The number of para-hydroxylation sites is 1. The van der Waals surface area contributed by atoms with Crippen molar-refractivity contribution in [3.05, 3.63) is 59.7 Å². The maximum atomic E-state index is 12.0. The third-order valence-electron chi connectivity index (χ3n) is 4.63. The summed E-state index contributed by atoms with van der Waals surface area (Å²) in [4.78, 5) is 27.9. The molecule has 30 heavy (non-hydrogen) atoms. The molecule has 0 aliphatic carbocycles. The van der Waals surface area contributed by atoms with Crippen molar-refractivity contribution in [2.75, 3.05) is 23.7 Å². The fourth-order valence-corrected chi connectivity index (χ4v) is 3.37. The van der Waals surface area contributed by atoms with E-state index >= 15 is 0 Å². The van der Waals surface area contributed by atoms with Crippen LogP contribution in [-0.2, 0) is 16.1 Å². The van der Waals surface area contributed by atoms with Gasteiger partial charge >= 0.3 is 0 Å². The summed E-state index contributed by atoms with van der Waals surface area (Å²) >= 11 is 0. The number of benzene rings is 2. The number of fused-ring (bicyclic) bond motifs is 1. The monoisotopic (exact) mass is 521 g/mol. The van der Waals surface area contributed by atoms with Gasteiger partial charge in [-0.15, -0.1) is 24.0 Å². The number of nitrogens with one attached hydrogen (secondary N) is 4. The summed E-state index contributed by atoms with van der Waals surface area (Å²) in [5.74, 6) is 0.720. The van der Waals surface area contributed by atoms with E-state index in [0.717, 1.165) is 29.0 Å². The summed E-state index contributed by atoms with van der Waals surface area (Å²) in [7, 11) is 0. The molecule has 0 spiro atoms. The smallest absolute Gasteiger partial charge is 0.225 e. The number of aliphatic imine (C=N–C) groups is 1. The molecule has 2 amide bonds. The first-order valence-electron chi connectivity index (χ1n) is 9.82. The van der Waals surface area contributed by atoms with Crippen LogP contribution in [0.4, 0.5) is 11.4 Å². The van der Waals surface area contributed by atoms with E-state index in [1.54, 1.807) is 0 Å². The van der Waals surface area contributed by atoms with Crippen LogP contribution in [-0.4, -0.2) is 30.9 Å². The molecule has 4 N–H and O–H groups in total. The van der Waals surface area contributed by atoms with Gasteiger partial charge in [0.2, 0.25) is 11.8 Å². The minimum atomic E-state index is -0.0996. The molecular formula is C22H28IN5O2. The summed E-state index contributed by atoms with van der Waals surface area (Å²) in [5.41, 5.74) is 3.77. The molecule has 1 heterocycles. The molecule has 0 fully saturated rings. The van der Waals surface area contributed by atoms with Crippen molar-refractivity contribution in [1.29, 1.82) is 0 Å². The molecule has 1 aliphatic rings. The number of nitrogens with zero attached hydrogens (tertiary/aromatic N) is 1. The molecule has 0 saturated heterocycles. The molecule has 0 bridgehead atoms. The Balaban J connectivity index is 0.00000320. The quantitative estimate of drug-likeness (QED) is 0.266. The molecule has 2 aromatic rings. The third-order valence-corrected chi connectivity index (χ3v) is 4.63. The van der Waals surface area contributed by atoms with Crippen molar-refractivity contribution in [2.24, 2.45) is 4.99 Å². The van der Waals surface area contributed by atoms with Crippen molar-refractivity contribution < 1.29 is 9.59 Å². The Hall–Kier alpha value is -2.62. The molecule has 0 aromatic heterocycles. The Morgan fingerprint density at radius 1 is 1.17 bits per heavy atom. The summed E-state index contributed by atoms with van der Waals surface area (Å²) in [6, 6.07) is 15.5. The molecule has 160 valence electrons. The first-order valence-corrected chi connectivity index (χ1v) is 9.82. The number of halogens is 1. The van der Waals surface area contributed by atoms with Crippen molar-refractivity contribution in [3.8, 4) is 0 Å². The molecular weight excluding hydrogens is 493 g/mol. The zero-order chi connectivity index (χ0) is 20.6. The maximum Gasteiger partial charge on any atom is 0.225 e. The van der Waals surface area contributed by atoms with Gasteiger partial charge in [-0.25, -0.2) is 4.99 Å². The van der Waals surface area contributed by atoms with Gasteiger partial charge in [-0.3, -0.25) is 9.59 Å². The van der Waals surface area contributed by atoms with Crippen molar-refractivity contribution in [3.63, 3.8) is 0 Å². The van der Waals surface area contributed by atoms with Gasteiger partial charge in [0.25, 0.3) is 0 Å². The Labute approximate surface area is 194 Å². The van der Waals surface area contributed by atoms with Crippen LogP contribution >= 0.6 is 24.0 Å². The predicted molar refractivity (Wildman–Crippen MR) is 131 cm³/mol. The van der Waals surface area contributed by atoms with Crippen molar-refractivity contribution in [1.82, 2.24) is 10.6 Å². The Bertz CT molecular complexity index is 916. The second-order valence-corrected chi connectivity index (χ2v) is 6.99. The molecule has 8 heteroatoms. The van der Waals surface area contributed by atoms with Gasteiger partial charge in [0, 0.05) is 43.7 Å². The molecule has 7 nitrogen and oxygen atoms in total. The van der Waals surface area contributed by atoms with Gasteiger partial charge < -0.3 is 21.3 Å². The lowest BCUT2D eigenvalue weighted by molar-refractivity contribution is -0.117. The molecule has 0 radical (unpaired) electrons. The van der Waals surface area contributed by atoms with Crippen LogP contribution in [0, 0.1) is 0 Å². The van der Waals surface area contributed by atoms with E-state index in [1.807, 2.05) is 49.4 Å². The number of rotatable bonds is 6. The summed E-state index contributed by atoms with van der Waals surface area (Å²) < 4.78 is 0. The normalized spacial score (nSPS) is 15.3. The lowest BCUT2D eigenvalue weighted by atomic mass is 9.90. The highest BCUT2D eigenvalue weighted by Crippen LogP contribution is 2.31. The first kappa shape index (κ1) is 23.7. The highest BCUT2D eigenvalue weighted by molar-refractivity contribution is 14.0. The topological polar surface area (TPSA) is 94.6 Å². The van der Waals surface area contributed by atoms with Crippen molar-refractivity contribution in [2.45, 2.75) is 32.7 Å². The van der Waals surface area contributed by atoms with Gasteiger partial charge in [-0.05, 0) is 36.2 Å². The molecule has 1 unspecified atom stereocenters. The van der Waals surface area contributed by atoms with Crippen LogP contribution < -0.4 is 21.3 Å². The van der Waals surface area contributed by atoms with E-state index in [0.29, 0.717) is 25.5 Å². The zero-order valence-electron chi connectivity index (χ0n) is 17.2. The van der Waals surface area contributed by atoms with Crippen LogP contribution in [0.3, 0.4) is 0 Å². The van der Waals surface area contributed by atoms with E-state index < -0.39 is 0 Å². The number of anilines is 2. The lowest BCUT2D eigenvalue weighted by Crippen LogP contribution is -2.40. The molecule has 1 aliphatic heterocycles. The van der Waals surface area contributed by atoms with Crippen LogP contribution in [0.25, 0.3) is 0 Å². The number of guanidine groups is 1. The van der Waals surface area contributed by atoms with Gasteiger partial charge in [0.15, 0.2) is 5.96 Å². The average molecular weight is 521 g/mol. The summed E-state index contributed by atoms with van der Waals surface area (Å²) in [6.07, 6.45) is 0.447. The van der Waals surface area contributed by atoms with Gasteiger partial charge in [0.05, 0.1) is 6.54 Å². The molecule has 3 rings (SSSR count). The standard InChI is InChI=1S/C22H27N5O2.HI/c1-3-23-22(24-13-16-7-6-8-18(11-16)26-15(2)28)25-14-17-12-21(29)27-20-10-5-4-9-19(17)20;/h4-11,17H,3,12-14H2,1-2H3,(H,26,28)(H,27,29)(H2,23,24,25);1H. The third kappa shape index (κ3) is 6.72. The molecule has 0 saturated carbocycles. The van der Waals surface area contributed by atoms with Crippen LogP contribution in [0.15, 0.2) is 53.5 Å². The van der Waals surface area contributed by atoms with Crippen LogP contribution in [0.1, 0.15) is 37.3 Å². The van der Waals surface area contributed by atoms with Crippen LogP contribution in [0.5, 0.6) is 0 Å². The Kier molecular flexibility index (Phi) is 9.10. The second-order valence-electron chi connectivity index (χ2n) is 6.99. The minimum absolute atomic E-state index is 0. The maximum absolute atomic E-state index is 12.0. The molecule has 1 atom stereocenters. The molecule has 2 aromatic carbocycles. The van der Waals surface area contributed by atoms with E-state index in [2.05, 4.69) is 32.3 Å². The fraction of sp³-hybridized carbons (Fsp3) is 0.318. The van der Waals surface area contributed by atoms with Gasteiger partial charge in [-0.2, -0.15) is 0 Å². The van der Waals surface area contributed by atoms with E-state index in [-0.39, 0.29) is 41.7 Å². The first-order chi connectivity index (χ1) is 14.0.